The summed E-state index contributed by atoms with van der Waals surface area (Å²) >= 11 is 0. The minimum absolute atomic E-state index is 0.00674. The molecular formula is C22H26N4O2. The van der Waals surface area contributed by atoms with Gasteiger partial charge in [-0.2, -0.15) is 4.80 Å². The molecule has 0 fully saturated rings. The summed E-state index contributed by atoms with van der Waals surface area (Å²) in [5, 5.41) is 21.1. The smallest absolute Gasteiger partial charge is 0.274 e. The molecule has 2 N–H and O–H groups in total. The Balaban J connectivity index is 1.60. The largest absolute Gasteiger partial charge is 0.390 e. The van der Waals surface area contributed by atoms with Crippen LogP contribution in [0.25, 0.3) is 5.69 Å². The van der Waals surface area contributed by atoms with E-state index in [1.807, 2.05) is 56.3 Å². The number of amides is 1. The molecule has 0 bridgehead atoms. The number of aliphatic hydroxyl groups excluding tert-OH is 1. The van der Waals surface area contributed by atoms with E-state index in [0.717, 1.165) is 30.5 Å². The van der Waals surface area contributed by atoms with Crippen molar-refractivity contribution in [3.8, 4) is 5.69 Å². The number of rotatable bonds is 8. The minimum atomic E-state index is -0.336. The van der Waals surface area contributed by atoms with Crippen LogP contribution in [-0.4, -0.2) is 32.0 Å². The van der Waals surface area contributed by atoms with Gasteiger partial charge in [0.25, 0.3) is 5.91 Å². The van der Waals surface area contributed by atoms with Crippen LogP contribution < -0.4 is 5.32 Å². The second-order valence-electron chi connectivity index (χ2n) is 7.03. The van der Waals surface area contributed by atoms with E-state index < -0.39 is 0 Å². The Labute approximate surface area is 165 Å². The van der Waals surface area contributed by atoms with E-state index in [4.69, 9.17) is 0 Å². The van der Waals surface area contributed by atoms with Crippen LogP contribution in [0.4, 0.5) is 0 Å². The van der Waals surface area contributed by atoms with Gasteiger partial charge in [0.1, 0.15) is 5.69 Å². The van der Waals surface area contributed by atoms with E-state index in [0.29, 0.717) is 0 Å². The molecule has 3 rings (SSSR count). The Morgan fingerprint density at radius 1 is 1.11 bits per heavy atom. The summed E-state index contributed by atoms with van der Waals surface area (Å²) in [5.74, 6) is -0.311. The zero-order chi connectivity index (χ0) is 19.9. The molecule has 6 heteroatoms. The Morgan fingerprint density at radius 2 is 1.82 bits per heavy atom. The molecule has 3 aromatic rings. The molecule has 1 amide bonds. The van der Waals surface area contributed by atoms with E-state index in [1.54, 1.807) is 0 Å². The van der Waals surface area contributed by atoms with Crippen LogP contribution in [0.5, 0.6) is 0 Å². The number of carbonyl (C=O) groups excluding carboxylic acids is 1. The number of hydrogen-bond donors (Lipinski definition) is 2. The van der Waals surface area contributed by atoms with Gasteiger partial charge in [0.05, 0.1) is 12.3 Å². The quantitative estimate of drug-likeness (QED) is 0.631. The lowest BCUT2D eigenvalue weighted by Gasteiger charge is -2.13. The number of benzene rings is 2. The Hall–Kier alpha value is -2.99. The van der Waals surface area contributed by atoms with Gasteiger partial charge in [0.2, 0.25) is 0 Å². The second-order valence-corrected chi connectivity index (χ2v) is 7.03. The molecule has 6 nitrogen and oxygen atoms in total. The molecule has 0 aliphatic carbocycles. The summed E-state index contributed by atoms with van der Waals surface area (Å²) in [5.41, 5.74) is 3.60. The van der Waals surface area contributed by atoms with Gasteiger partial charge in [-0.3, -0.25) is 4.79 Å². The molecule has 0 spiro atoms. The number of nitrogens with zero attached hydrogens (tertiary/aromatic N) is 3. The van der Waals surface area contributed by atoms with Crippen molar-refractivity contribution in [1.82, 2.24) is 20.3 Å². The summed E-state index contributed by atoms with van der Waals surface area (Å²) in [6.07, 6.45) is 2.82. The number of hydrogen-bond acceptors (Lipinski definition) is 4. The van der Waals surface area contributed by atoms with Gasteiger partial charge in [-0.25, -0.2) is 0 Å². The average Bonchev–Trinajstić information content (AvgIpc) is 3.14. The summed E-state index contributed by atoms with van der Waals surface area (Å²) < 4.78 is 0. The SMILES string of the molecule is Cc1ccc(-n2nc(CO)c(C(=O)NC(C)CCCc3ccccc3)n2)cc1. The topological polar surface area (TPSA) is 80.0 Å². The van der Waals surface area contributed by atoms with Gasteiger partial charge in [-0.05, 0) is 50.8 Å². The van der Waals surface area contributed by atoms with Crippen molar-refractivity contribution < 1.29 is 9.90 Å². The lowest BCUT2D eigenvalue weighted by molar-refractivity contribution is 0.0929. The average molecular weight is 378 g/mol. The maximum Gasteiger partial charge on any atom is 0.274 e. The van der Waals surface area contributed by atoms with Crippen LogP contribution in [0.1, 0.15) is 47.1 Å². The lowest BCUT2D eigenvalue weighted by atomic mass is 10.1. The van der Waals surface area contributed by atoms with Crippen molar-refractivity contribution in [3.05, 3.63) is 77.1 Å². The molecule has 1 aromatic heterocycles. The summed E-state index contributed by atoms with van der Waals surface area (Å²) in [7, 11) is 0. The molecule has 0 saturated heterocycles. The first-order valence-corrected chi connectivity index (χ1v) is 9.55. The van der Waals surface area contributed by atoms with Crippen LogP contribution in [0, 0.1) is 6.92 Å². The fraction of sp³-hybridized carbons (Fsp3) is 0.318. The van der Waals surface area contributed by atoms with Crippen molar-refractivity contribution in [2.75, 3.05) is 0 Å². The molecule has 2 aromatic carbocycles. The maximum absolute atomic E-state index is 12.6. The zero-order valence-electron chi connectivity index (χ0n) is 16.3. The van der Waals surface area contributed by atoms with Crippen molar-refractivity contribution in [2.24, 2.45) is 0 Å². The van der Waals surface area contributed by atoms with Crippen LogP contribution in [0.2, 0.25) is 0 Å². The number of aromatic nitrogens is 3. The molecule has 28 heavy (non-hydrogen) atoms. The van der Waals surface area contributed by atoms with E-state index in [9.17, 15) is 9.90 Å². The van der Waals surface area contributed by atoms with Crippen molar-refractivity contribution in [2.45, 2.75) is 45.8 Å². The first kappa shape index (κ1) is 19.8. The highest BCUT2D eigenvalue weighted by Crippen LogP contribution is 2.12. The third-order valence-corrected chi connectivity index (χ3v) is 4.64. The molecule has 0 aliphatic rings. The van der Waals surface area contributed by atoms with Gasteiger partial charge in [-0.15, -0.1) is 10.2 Å². The summed E-state index contributed by atoms with van der Waals surface area (Å²) in [4.78, 5) is 14.0. The predicted octanol–water partition coefficient (Wildman–Crippen LogP) is 3.21. The first-order valence-electron chi connectivity index (χ1n) is 9.55. The van der Waals surface area contributed by atoms with Gasteiger partial charge < -0.3 is 10.4 Å². The molecule has 1 atom stereocenters. The molecule has 0 radical (unpaired) electrons. The first-order chi connectivity index (χ1) is 13.6. The third-order valence-electron chi connectivity index (χ3n) is 4.64. The molecule has 0 aliphatic heterocycles. The Kier molecular flexibility index (Phi) is 6.55. The lowest BCUT2D eigenvalue weighted by Crippen LogP contribution is -2.33. The van der Waals surface area contributed by atoms with Crippen molar-refractivity contribution in [3.63, 3.8) is 0 Å². The normalized spacial score (nSPS) is 12.0. The fourth-order valence-electron chi connectivity index (χ4n) is 3.03. The highest BCUT2D eigenvalue weighted by atomic mass is 16.3. The molecule has 1 unspecified atom stereocenters. The highest BCUT2D eigenvalue weighted by Gasteiger charge is 2.20. The zero-order valence-corrected chi connectivity index (χ0v) is 16.3. The molecular weight excluding hydrogens is 352 g/mol. The van der Waals surface area contributed by atoms with Crippen LogP contribution in [-0.2, 0) is 13.0 Å². The predicted molar refractivity (Wildman–Crippen MR) is 108 cm³/mol. The standard InChI is InChI=1S/C22H26N4O2/c1-16-11-13-19(14-12-16)26-24-20(15-27)21(25-26)22(28)23-17(2)7-6-10-18-8-4-3-5-9-18/h3-5,8-9,11-14,17,27H,6-7,10,15H2,1-2H3,(H,23,28). The van der Waals surface area contributed by atoms with Crippen LogP contribution in [0.3, 0.4) is 0 Å². The summed E-state index contributed by atoms with van der Waals surface area (Å²) in [6, 6.07) is 18.0. The number of nitrogens with one attached hydrogen (secondary N) is 1. The van der Waals surface area contributed by atoms with Gasteiger partial charge in [-0.1, -0.05) is 48.0 Å². The van der Waals surface area contributed by atoms with Crippen LogP contribution in [0.15, 0.2) is 54.6 Å². The number of aryl methyl sites for hydroxylation is 2. The molecule has 1 heterocycles. The second kappa shape index (κ2) is 9.28. The maximum atomic E-state index is 12.6. The Morgan fingerprint density at radius 3 is 2.50 bits per heavy atom. The third kappa shape index (κ3) is 5.04. The fourth-order valence-corrected chi connectivity index (χ4v) is 3.03. The molecule has 146 valence electrons. The minimum Gasteiger partial charge on any atom is -0.390 e. The van der Waals surface area contributed by atoms with Gasteiger partial charge in [0.15, 0.2) is 5.69 Å². The van der Waals surface area contributed by atoms with Crippen molar-refractivity contribution >= 4 is 5.91 Å². The van der Waals surface area contributed by atoms with Crippen molar-refractivity contribution in [1.29, 1.82) is 0 Å². The van der Waals surface area contributed by atoms with E-state index in [-0.39, 0.29) is 29.9 Å². The monoisotopic (exact) mass is 378 g/mol. The summed E-state index contributed by atoms with van der Waals surface area (Å²) in [6.45, 7) is 3.64. The van der Waals surface area contributed by atoms with E-state index >= 15 is 0 Å². The van der Waals surface area contributed by atoms with Crippen LogP contribution >= 0.6 is 0 Å². The van der Waals surface area contributed by atoms with Gasteiger partial charge >= 0.3 is 0 Å². The Bertz CT molecular complexity index is 904. The number of carbonyl (C=O) groups is 1. The van der Waals surface area contributed by atoms with E-state index in [1.165, 1.54) is 10.4 Å². The highest BCUT2D eigenvalue weighted by molar-refractivity contribution is 5.93. The van der Waals surface area contributed by atoms with E-state index in [2.05, 4.69) is 27.6 Å². The molecule has 0 saturated carbocycles. The van der Waals surface area contributed by atoms with Gasteiger partial charge in [0, 0.05) is 6.04 Å². The number of aliphatic hydroxyl groups is 1.